The fourth-order valence-corrected chi connectivity index (χ4v) is 4.49. The van der Waals surface area contributed by atoms with Crippen LogP contribution in [0.4, 0.5) is 0 Å². The molecule has 0 radical (unpaired) electrons. The lowest BCUT2D eigenvalue weighted by Crippen LogP contribution is -2.22. The summed E-state index contributed by atoms with van der Waals surface area (Å²) in [6.45, 7) is 3.97. The molecule has 0 aliphatic heterocycles. The van der Waals surface area contributed by atoms with Crippen LogP contribution in [0.3, 0.4) is 0 Å². The molecule has 0 fully saturated rings. The van der Waals surface area contributed by atoms with Crippen LogP contribution in [0.2, 0.25) is 0 Å². The van der Waals surface area contributed by atoms with Crippen molar-refractivity contribution in [2.75, 3.05) is 7.11 Å². The van der Waals surface area contributed by atoms with Crippen LogP contribution in [-0.2, 0) is 16.1 Å². The van der Waals surface area contributed by atoms with E-state index in [2.05, 4.69) is 11.1 Å². The summed E-state index contributed by atoms with van der Waals surface area (Å²) in [5.41, 5.74) is 3.38. The van der Waals surface area contributed by atoms with Crippen LogP contribution >= 0.6 is 11.3 Å². The van der Waals surface area contributed by atoms with E-state index in [9.17, 15) is 9.59 Å². The van der Waals surface area contributed by atoms with Gasteiger partial charge in [-0.3, -0.25) is 9.59 Å². The van der Waals surface area contributed by atoms with Crippen LogP contribution in [0.25, 0.3) is 10.2 Å². The summed E-state index contributed by atoms with van der Waals surface area (Å²) < 4.78 is 13.4. The molecular formula is C25H22N2O4S. The van der Waals surface area contributed by atoms with Crippen LogP contribution in [-0.4, -0.2) is 23.6 Å². The van der Waals surface area contributed by atoms with Crippen LogP contribution in [0, 0.1) is 13.8 Å². The Balaban J connectivity index is 1.75. The van der Waals surface area contributed by atoms with E-state index in [4.69, 9.17) is 9.47 Å². The second kappa shape index (κ2) is 9.20. The van der Waals surface area contributed by atoms with Crippen molar-refractivity contribution in [3.8, 4) is 11.5 Å². The molecule has 0 aliphatic rings. The van der Waals surface area contributed by atoms with Crippen LogP contribution in [0.15, 0.2) is 71.7 Å². The minimum atomic E-state index is -0.414. The third-order valence-corrected chi connectivity index (χ3v) is 6.12. The average Bonchev–Trinajstić information content (AvgIpc) is 3.11. The number of aryl methyl sites for hydroxylation is 2. The van der Waals surface area contributed by atoms with Crippen molar-refractivity contribution in [3.05, 3.63) is 88.2 Å². The highest BCUT2D eigenvalue weighted by Gasteiger charge is 2.14. The second-order valence-electron chi connectivity index (χ2n) is 7.34. The number of ether oxygens (including phenoxy) is 2. The maximum atomic E-state index is 13.0. The number of benzene rings is 3. The molecule has 0 spiro atoms. The van der Waals surface area contributed by atoms with Crippen molar-refractivity contribution in [1.29, 1.82) is 0 Å². The molecule has 0 aliphatic carbocycles. The Hall–Kier alpha value is -3.71. The highest BCUT2D eigenvalue weighted by molar-refractivity contribution is 7.16. The summed E-state index contributed by atoms with van der Waals surface area (Å²) in [6, 6.07) is 20.3. The molecule has 6 nitrogen and oxygen atoms in total. The smallest absolute Gasteiger partial charge is 0.325 e. The normalized spacial score (nSPS) is 11.5. The molecule has 32 heavy (non-hydrogen) atoms. The molecule has 162 valence electrons. The molecule has 3 aromatic carbocycles. The maximum absolute atomic E-state index is 13.0. The Labute approximate surface area is 189 Å². The zero-order valence-corrected chi connectivity index (χ0v) is 18.8. The fraction of sp³-hybridized carbons (Fsp3) is 0.160. The summed E-state index contributed by atoms with van der Waals surface area (Å²) in [4.78, 5) is 29.8. The summed E-state index contributed by atoms with van der Waals surface area (Å²) in [5.74, 6) is 0.405. The van der Waals surface area contributed by atoms with Gasteiger partial charge in [-0.2, -0.15) is 4.99 Å². The Morgan fingerprint density at radius 3 is 2.47 bits per heavy atom. The molecule has 0 bridgehead atoms. The molecule has 1 aromatic heterocycles. The molecule has 0 N–H and O–H groups in total. The number of nitrogens with zero attached hydrogens (tertiary/aromatic N) is 2. The molecule has 7 heteroatoms. The molecule has 0 saturated heterocycles. The number of hydrogen-bond acceptors (Lipinski definition) is 5. The molecule has 1 amide bonds. The molecule has 4 rings (SSSR count). The first-order valence-corrected chi connectivity index (χ1v) is 10.9. The number of rotatable bonds is 5. The average molecular weight is 447 g/mol. The summed E-state index contributed by atoms with van der Waals surface area (Å²) in [5, 5.41) is 0. The van der Waals surface area contributed by atoms with E-state index in [0.29, 0.717) is 21.9 Å². The third kappa shape index (κ3) is 4.63. The van der Waals surface area contributed by atoms with Crippen molar-refractivity contribution in [2.24, 2.45) is 4.99 Å². The van der Waals surface area contributed by atoms with Gasteiger partial charge in [0.25, 0.3) is 5.91 Å². The number of fused-ring (bicyclic) bond motifs is 1. The van der Waals surface area contributed by atoms with Gasteiger partial charge in [0, 0.05) is 5.56 Å². The zero-order chi connectivity index (χ0) is 22.7. The van der Waals surface area contributed by atoms with E-state index in [1.54, 1.807) is 28.8 Å². The van der Waals surface area contributed by atoms with Crippen molar-refractivity contribution < 1.29 is 19.1 Å². The van der Waals surface area contributed by atoms with Gasteiger partial charge in [0.2, 0.25) is 0 Å². The number of esters is 1. The number of methoxy groups -OCH3 is 1. The topological polar surface area (TPSA) is 69.9 Å². The zero-order valence-electron chi connectivity index (χ0n) is 18.0. The number of amides is 1. The lowest BCUT2D eigenvalue weighted by molar-refractivity contribution is -0.141. The summed E-state index contributed by atoms with van der Waals surface area (Å²) >= 11 is 1.38. The minimum Gasteiger partial charge on any atom is -0.468 e. The number of hydrogen-bond donors (Lipinski definition) is 0. The lowest BCUT2D eigenvalue weighted by atomic mass is 10.1. The predicted molar refractivity (Wildman–Crippen MR) is 124 cm³/mol. The molecular weight excluding hydrogens is 424 g/mol. The van der Waals surface area contributed by atoms with E-state index in [-0.39, 0.29) is 6.54 Å². The summed E-state index contributed by atoms with van der Waals surface area (Å²) in [6.07, 6.45) is 0. The second-order valence-corrected chi connectivity index (χ2v) is 8.31. The Bertz CT molecular complexity index is 1370. The molecule has 0 unspecified atom stereocenters. The van der Waals surface area contributed by atoms with Crippen LogP contribution < -0.4 is 9.54 Å². The molecule has 4 aromatic rings. The lowest BCUT2D eigenvalue weighted by Gasteiger charge is -2.06. The van der Waals surface area contributed by atoms with E-state index < -0.39 is 11.9 Å². The number of carbonyl (C=O) groups is 2. The van der Waals surface area contributed by atoms with Gasteiger partial charge in [0.05, 0.1) is 17.3 Å². The van der Waals surface area contributed by atoms with Crippen molar-refractivity contribution in [1.82, 2.24) is 4.57 Å². The fourth-order valence-electron chi connectivity index (χ4n) is 3.41. The van der Waals surface area contributed by atoms with Crippen LogP contribution in [0.5, 0.6) is 11.5 Å². The van der Waals surface area contributed by atoms with Gasteiger partial charge in [-0.1, -0.05) is 41.7 Å². The van der Waals surface area contributed by atoms with Crippen molar-refractivity contribution in [3.63, 3.8) is 0 Å². The monoisotopic (exact) mass is 446 g/mol. The Morgan fingerprint density at radius 2 is 1.72 bits per heavy atom. The highest BCUT2D eigenvalue weighted by Crippen LogP contribution is 2.24. The predicted octanol–water partition coefficient (Wildman–Crippen LogP) is 5.03. The molecule has 0 saturated carbocycles. The van der Waals surface area contributed by atoms with Gasteiger partial charge >= 0.3 is 5.97 Å². The van der Waals surface area contributed by atoms with Crippen molar-refractivity contribution in [2.45, 2.75) is 20.4 Å². The first-order chi connectivity index (χ1) is 15.4. The number of carbonyl (C=O) groups excluding carboxylic acids is 2. The van der Waals surface area contributed by atoms with Gasteiger partial charge in [-0.15, -0.1) is 0 Å². The molecule has 0 atom stereocenters. The minimum absolute atomic E-state index is 0.0251. The van der Waals surface area contributed by atoms with Crippen molar-refractivity contribution >= 4 is 33.4 Å². The standard InChI is InChI=1S/C25H22N2O4S/c1-16-12-17(2)23-21(13-16)27(15-22(28)30-3)25(32-23)26-24(29)18-8-7-11-20(14-18)31-19-9-5-4-6-10-19/h4-14H,15H2,1-3H3. The first kappa shape index (κ1) is 21.5. The van der Waals surface area contributed by atoms with Gasteiger partial charge in [0.1, 0.15) is 18.0 Å². The van der Waals surface area contributed by atoms with E-state index in [1.165, 1.54) is 18.4 Å². The SMILES string of the molecule is COC(=O)Cn1c(=NC(=O)c2cccc(Oc3ccccc3)c2)sc2c(C)cc(C)cc21. The number of para-hydroxylation sites is 1. The van der Waals surface area contributed by atoms with Gasteiger partial charge in [-0.25, -0.2) is 0 Å². The number of aromatic nitrogens is 1. The Kier molecular flexibility index (Phi) is 6.18. The largest absolute Gasteiger partial charge is 0.468 e. The summed E-state index contributed by atoms with van der Waals surface area (Å²) in [7, 11) is 1.34. The van der Waals surface area contributed by atoms with Crippen LogP contribution in [0.1, 0.15) is 21.5 Å². The van der Waals surface area contributed by atoms with Gasteiger partial charge in [0.15, 0.2) is 4.80 Å². The van der Waals surface area contributed by atoms with E-state index >= 15 is 0 Å². The highest BCUT2D eigenvalue weighted by atomic mass is 32.1. The van der Waals surface area contributed by atoms with E-state index in [1.807, 2.05) is 50.2 Å². The number of thiazole rings is 1. The third-order valence-electron chi connectivity index (χ3n) is 4.89. The van der Waals surface area contributed by atoms with Gasteiger partial charge < -0.3 is 14.0 Å². The van der Waals surface area contributed by atoms with Gasteiger partial charge in [-0.05, 0) is 61.4 Å². The Morgan fingerprint density at radius 1 is 0.969 bits per heavy atom. The molecule has 1 heterocycles. The first-order valence-electron chi connectivity index (χ1n) is 10.0. The van der Waals surface area contributed by atoms with E-state index in [0.717, 1.165) is 21.3 Å². The maximum Gasteiger partial charge on any atom is 0.325 e. The quantitative estimate of drug-likeness (QED) is 0.403.